The summed E-state index contributed by atoms with van der Waals surface area (Å²) < 4.78 is 24.8. The van der Waals surface area contributed by atoms with Crippen LogP contribution in [0.3, 0.4) is 0 Å². The number of amides is 1. The standard InChI is InChI=1S/C26H34ClFN4O3/c1-19(2)29-25-26(35-25)32(17-20-3-7-22(28)8-4-20)16-13-30-11-14-31(15-12-30)24(33)18-34-23-9-5-21(27)6-10-23/h3-10,19,25-26,29H,11-18H2,1-2H3. The summed E-state index contributed by atoms with van der Waals surface area (Å²) in [6.45, 7) is 9.61. The lowest BCUT2D eigenvalue weighted by Gasteiger charge is -2.35. The molecule has 2 saturated heterocycles. The molecule has 0 bridgehead atoms. The number of ether oxygens (including phenoxy) is 2. The molecule has 0 spiro atoms. The van der Waals surface area contributed by atoms with Crippen molar-refractivity contribution in [1.82, 2.24) is 20.0 Å². The van der Waals surface area contributed by atoms with E-state index in [1.807, 2.05) is 17.0 Å². The van der Waals surface area contributed by atoms with Gasteiger partial charge in [-0.3, -0.25) is 19.9 Å². The molecule has 7 nitrogen and oxygen atoms in total. The second-order valence-corrected chi connectivity index (χ2v) is 9.77. The van der Waals surface area contributed by atoms with E-state index >= 15 is 0 Å². The minimum atomic E-state index is -0.228. The van der Waals surface area contributed by atoms with Crippen LogP contribution < -0.4 is 10.1 Å². The number of carbonyl (C=O) groups excluding carboxylic acids is 1. The van der Waals surface area contributed by atoms with Gasteiger partial charge in [-0.1, -0.05) is 23.7 Å². The molecular weight excluding hydrogens is 471 g/mol. The van der Waals surface area contributed by atoms with E-state index in [4.69, 9.17) is 21.1 Å². The predicted molar refractivity (Wildman–Crippen MR) is 134 cm³/mol. The van der Waals surface area contributed by atoms with Gasteiger partial charge in [-0.2, -0.15) is 0 Å². The molecule has 0 radical (unpaired) electrons. The van der Waals surface area contributed by atoms with Gasteiger partial charge >= 0.3 is 0 Å². The van der Waals surface area contributed by atoms with Crippen molar-refractivity contribution in [3.05, 3.63) is 64.9 Å². The van der Waals surface area contributed by atoms with Crippen LogP contribution in [-0.2, 0) is 16.1 Å². The van der Waals surface area contributed by atoms with E-state index in [0.717, 1.165) is 31.7 Å². The zero-order valence-electron chi connectivity index (χ0n) is 20.3. The van der Waals surface area contributed by atoms with Gasteiger partial charge in [-0.15, -0.1) is 0 Å². The highest BCUT2D eigenvalue weighted by Gasteiger charge is 2.43. The summed E-state index contributed by atoms with van der Waals surface area (Å²) in [4.78, 5) is 19.1. The molecule has 1 N–H and O–H groups in total. The van der Waals surface area contributed by atoms with Crippen molar-refractivity contribution >= 4 is 17.5 Å². The third-order valence-corrected chi connectivity index (χ3v) is 6.48. The Bertz CT molecular complexity index is 952. The molecule has 2 aromatic rings. The molecule has 2 aromatic carbocycles. The largest absolute Gasteiger partial charge is 0.484 e. The lowest BCUT2D eigenvalue weighted by molar-refractivity contribution is -0.135. The lowest BCUT2D eigenvalue weighted by Crippen LogP contribution is -2.51. The summed E-state index contributed by atoms with van der Waals surface area (Å²) in [7, 11) is 0. The molecule has 190 valence electrons. The molecule has 4 rings (SSSR count). The van der Waals surface area contributed by atoms with Crippen molar-refractivity contribution in [3.8, 4) is 5.75 Å². The van der Waals surface area contributed by atoms with Crippen LogP contribution in [0.5, 0.6) is 5.75 Å². The number of hydrogen-bond acceptors (Lipinski definition) is 6. The molecular formula is C26H34ClFN4O3. The first-order valence-corrected chi connectivity index (χ1v) is 12.5. The number of rotatable bonds is 11. The van der Waals surface area contributed by atoms with Gasteiger partial charge in [0.05, 0.1) is 0 Å². The van der Waals surface area contributed by atoms with E-state index in [2.05, 4.69) is 29.0 Å². The Morgan fingerprint density at radius 2 is 1.83 bits per heavy atom. The van der Waals surface area contributed by atoms with Gasteiger partial charge in [0.15, 0.2) is 19.1 Å². The fourth-order valence-corrected chi connectivity index (χ4v) is 4.34. The van der Waals surface area contributed by atoms with Gasteiger partial charge in [0, 0.05) is 56.9 Å². The van der Waals surface area contributed by atoms with Crippen molar-refractivity contribution in [2.75, 3.05) is 45.9 Å². The number of carbonyl (C=O) groups is 1. The van der Waals surface area contributed by atoms with Crippen LogP contribution in [0.4, 0.5) is 4.39 Å². The van der Waals surface area contributed by atoms with Crippen LogP contribution in [0, 0.1) is 5.82 Å². The minimum Gasteiger partial charge on any atom is -0.484 e. The van der Waals surface area contributed by atoms with Crippen LogP contribution in [0.2, 0.25) is 5.02 Å². The maximum absolute atomic E-state index is 13.3. The summed E-state index contributed by atoms with van der Waals surface area (Å²) in [5.41, 5.74) is 1.06. The van der Waals surface area contributed by atoms with Gasteiger partial charge < -0.3 is 14.4 Å². The first-order valence-electron chi connectivity index (χ1n) is 12.2. The van der Waals surface area contributed by atoms with Crippen LogP contribution in [0.25, 0.3) is 0 Å². The molecule has 1 amide bonds. The number of nitrogens with one attached hydrogen (secondary N) is 1. The molecule has 2 aliphatic rings. The van der Waals surface area contributed by atoms with E-state index in [0.29, 0.717) is 36.4 Å². The average Bonchev–Trinajstić information content (AvgIpc) is 3.61. The summed E-state index contributed by atoms with van der Waals surface area (Å²) >= 11 is 5.89. The number of hydrogen-bond donors (Lipinski definition) is 1. The van der Waals surface area contributed by atoms with Gasteiger partial charge in [-0.25, -0.2) is 4.39 Å². The van der Waals surface area contributed by atoms with E-state index in [1.54, 1.807) is 24.3 Å². The predicted octanol–water partition coefficient (Wildman–Crippen LogP) is 3.18. The molecule has 2 atom stereocenters. The second-order valence-electron chi connectivity index (χ2n) is 9.33. The SMILES string of the molecule is CC(C)NC1OC1N(CCN1CCN(C(=O)COc2ccc(Cl)cc2)CC1)Cc1ccc(F)cc1. The Morgan fingerprint density at radius 1 is 1.14 bits per heavy atom. The smallest absolute Gasteiger partial charge is 0.260 e. The van der Waals surface area contributed by atoms with Crippen molar-refractivity contribution in [3.63, 3.8) is 0 Å². The molecule has 2 fully saturated rings. The van der Waals surface area contributed by atoms with E-state index < -0.39 is 0 Å². The van der Waals surface area contributed by atoms with Crippen molar-refractivity contribution < 1.29 is 18.7 Å². The highest BCUT2D eigenvalue weighted by molar-refractivity contribution is 6.30. The summed E-state index contributed by atoms with van der Waals surface area (Å²) in [6.07, 6.45) is 0.0286. The number of halogens is 2. The zero-order valence-corrected chi connectivity index (χ0v) is 21.1. The van der Waals surface area contributed by atoms with Crippen molar-refractivity contribution in [2.45, 2.75) is 38.9 Å². The second kappa shape index (κ2) is 12.1. The van der Waals surface area contributed by atoms with Gasteiger partial charge in [0.1, 0.15) is 11.6 Å². The lowest BCUT2D eigenvalue weighted by atomic mass is 10.2. The normalized spacial score (nSPS) is 20.5. The third kappa shape index (κ3) is 7.88. The monoisotopic (exact) mass is 504 g/mol. The highest BCUT2D eigenvalue weighted by atomic mass is 35.5. The molecule has 2 unspecified atom stereocenters. The molecule has 0 aliphatic carbocycles. The highest BCUT2D eigenvalue weighted by Crippen LogP contribution is 2.26. The first-order chi connectivity index (χ1) is 16.9. The number of piperazine rings is 1. The molecule has 2 aliphatic heterocycles. The fourth-order valence-electron chi connectivity index (χ4n) is 4.21. The Labute approximate surface area is 211 Å². The molecule has 35 heavy (non-hydrogen) atoms. The molecule has 2 heterocycles. The van der Waals surface area contributed by atoms with Gasteiger partial charge in [0.2, 0.25) is 0 Å². The average molecular weight is 505 g/mol. The molecule has 0 aromatic heterocycles. The quantitative estimate of drug-likeness (QED) is 0.474. The van der Waals surface area contributed by atoms with Crippen molar-refractivity contribution in [1.29, 1.82) is 0 Å². The van der Waals surface area contributed by atoms with Crippen LogP contribution >= 0.6 is 11.6 Å². The summed E-state index contributed by atoms with van der Waals surface area (Å²) in [6, 6.07) is 14.0. The van der Waals surface area contributed by atoms with E-state index in [1.165, 1.54) is 12.1 Å². The molecule has 0 saturated carbocycles. The maximum atomic E-state index is 13.3. The van der Waals surface area contributed by atoms with Crippen molar-refractivity contribution in [2.24, 2.45) is 0 Å². The number of benzene rings is 2. The summed E-state index contributed by atoms with van der Waals surface area (Å²) in [5.74, 6) is 0.398. The van der Waals surface area contributed by atoms with Crippen LogP contribution in [-0.4, -0.2) is 85.0 Å². The van der Waals surface area contributed by atoms with Crippen LogP contribution in [0.1, 0.15) is 19.4 Å². The Morgan fingerprint density at radius 3 is 2.49 bits per heavy atom. The number of nitrogens with zero attached hydrogens (tertiary/aromatic N) is 3. The topological polar surface area (TPSA) is 60.6 Å². The molecule has 9 heteroatoms. The Balaban J connectivity index is 1.23. The Kier molecular flexibility index (Phi) is 8.97. The third-order valence-electron chi connectivity index (χ3n) is 6.23. The van der Waals surface area contributed by atoms with Gasteiger partial charge in [-0.05, 0) is 55.8 Å². The first kappa shape index (κ1) is 25.9. The zero-order chi connectivity index (χ0) is 24.8. The van der Waals surface area contributed by atoms with Gasteiger partial charge in [0.25, 0.3) is 5.91 Å². The Hall–Kier alpha value is -2.23. The maximum Gasteiger partial charge on any atom is 0.260 e. The minimum absolute atomic E-state index is 0.00785. The fraction of sp³-hybridized carbons (Fsp3) is 0.500. The van der Waals surface area contributed by atoms with E-state index in [9.17, 15) is 9.18 Å². The van der Waals surface area contributed by atoms with E-state index in [-0.39, 0.29) is 30.8 Å². The number of epoxide rings is 1. The summed E-state index contributed by atoms with van der Waals surface area (Å²) in [5, 5.41) is 4.06. The van der Waals surface area contributed by atoms with Crippen LogP contribution in [0.15, 0.2) is 48.5 Å².